The van der Waals surface area contributed by atoms with Crippen LogP contribution in [-0.4, -0.2) is 34.8 Å². The molecule has 0 fully saturated rings. The van der Waals surface area contributed by atoms with Crippen molar-refractivity contribution in [3.05, 3.63) is 65.4 Å². The molecule has 2 aromatic carbocycles. The predicted octanol–water partition coefficient (Wildman–Crippen LogP) is 2.69. The van der Waals surface area contributed by atoms with Crippen molar-refractivity contribution in [1.29, 1.82) is 5.26 Å². The summed E-state index contributed by atoms with van der Waals surface area (Å²) in [5.41, 5.74) is 2.93. The summed E-state index contributed by atoms with van der Waals surface area (Å²) in [4.78, 5) is 33.1. The second-order valence-electron chi connectivity index (χ2n) is 7.22. The zero-order valence-corrected chi connectivity index (χ0v) is 15.4. The third kappa shape index (κ3) is 1.86. The van der Waals surface area contributed by atoms with Crippen LogP contribution >= 0.6 is 0 Å². The van der Waals surface area contributed by atoms with E-state index >= 15 is 0 Å². The standard InChI is InChI=1S/C22H18N4O2/c1-14(27)26-12-10-16-15-6-2-4-8-18(15)24-20(16)22(26)17-7-3-5-9-19(17)25(13-11-23)21(22)28/h2-9,24H,10,12-13H2,1H3/t22-/m0/s1. The van der Waals surface area contributed by atoms with Gasteiger partial charge in [-0.05, 0) is 24.1 Å². The summed E-state index contributed by atoms with van der Waals surface area (Å²) >= 11 is 0. The van der Waals surface area contributed by atoms with Crippen molar-refractivity contribution in [1.82, 2.24) is 9.88 Å². The van der Waals surface area contributed by atoms with Gasteiger partial charge in [-0.2, -0.15) is 5.26 Å². The first kappa shape index (κ1) is 16.6. The van der Waals surface area contributed by atoms with Crippen molar-refractivity contribution in [3.63, 3.8) is 0 Å². The lowest BCUT2D eigenvalue weighted by molar-refractivity contribution is -0.143. The van der Waals surface area contributed by atoms with Crippen molar-refractivity contribution in [2.45, 2.75) is 18.9 Å². The van der Waals surface area contributed by atoms with Crippen LogP contribution in [0, 0.1) is 11.3 Å². The van der Waals surface area contributed by atoms with E-state index in [4.69, 9.17) is 0 Å². The van der Waals surface area contributed by atoms with E-state index in [1.165, 1.54) is 11.8 Å². The van der Waals surface area contributed by atoms with Gasteiger partial charge in [-0.1, -0.05) is 36.4 Å². The Hall–Kier alpha value is -3.59. The van der Waals surface area contributed by atoms with Crippen LogP contribution in [0.15, 0.2) is 48.5 Å². The van der Waals surface area contributed by atoms with E-state index in [1.54, 1.807) is 4.90 Å². The van der Waals surface area contributed by atoms with Crippen molar-refractivity contribution in [2.75, 3.05) is 18.0 Å². The number of benzene rings is 2. The Balaban J connectivity index is 1.90. The average Bonchev–Trinajstić information content (AvgIpc) is 3.19. The molecular formula is C22H18N4O2. The second kappa shape index (κ2) is 5.70. The number of hydrogen-bond acceptors (Lipinski definition) is 3. The van der Waals surface area contributed by atoms with E-state index in [0.717, 1.165) is 27.7 Å². The molecule has 1 N–H and O–H groups in total. The van der Waals surface area contributed by atoms with Crippen LogP contribution in [0.1, 0.15) is 23.7 Å². The van der Waals surface area contributed by atoms with Crippen LogP contribution in [0.2, 0.25) is 0 Å². The Morgan fingerprint density at radius 1 is 1.21 bits per heavy atom. The topological polar surface area (TPSA) is 80.2 Å². The van der Waals surface area contributed by atoms with Crippen LogP contribution in [0.4, 0.5) is 5.69 Å². The molecule has 5 rings (SSSR count). The molecule has 0 aliphatic carbocycles. The van der Waals surface area contributed by atoms with Gasteiger partial charge in [-0.15, -0.1) is 0 Å². The fourth-order valence-electron chi connectivity index (χ4n) is 4.85. The van der Waals surface area contributed by atoms with Crippen LogP contribution in [0.25, 0.3) is 10.9 Å². The van der Waals surface area contributed by atoms with Gasteiger partial charge in [0.05, 0.1) is 17.5 Å². The molecule has 1 aromatic heterocycles. The van der Waals surface area contributed by atoms with Gasteiger partial charge in [0.1, 0.15) is 6.54 Å². The van der Waals surface area contributed by atoms with Crippen LogP contribution in [0.5, 0.6) is 0 Å². The maximum atomic E-state index is 13.8. The van der Waals surface area contributed by atoms with E-state index in [1.807, 2.05) is 48.5 Å². The quantitative estimate of drug-likeness (QED) is 0.669. The lowest BCUT2D eigenvalue weighted by Crippen LogP contribution is -2.58. The van der Waals surface area contributed by atoms with Gasteiger partial charge in [0.2, 0.25) is 5.91 Å². The summed E-state index contributed by atoms with van der Waals surface area (Å²) in [6.45, 7) is 1.89. The normalized spacial score (nSPS) is 20.4. The number of aromatic amines is 1. The van der Waals surface area contributed by atoms with Gasteiger partial charge < -0.3 is 9.88 Å². The zero-order valence-electron chi connectivity index (χ0n) is 15.4. The summed E-state index contributed by atoms with van der Waals surface area (Å²) in [5.74, 6) is -0.413. The molecule has 6 nitrogen and oxygen atoms in total. The molecule has 0 saturated carbocycles. The summed E-state index contributed by atoms with van der Waals surface area (Å²) in [5, 5.41) is 10.4. The van der Waals surface area contributed by atoms with E-state index in [2.05, 4.69) is 11.1 Å². The lowest BCUT2D eigenvalue weighted by Gasteiger charge is -2.43. The SMILES string of the molecule is CC(=O)N1CCc2c([nH]c3ccccc23)[C@@]12C(=O)N(CC#N)c1ccccc12. The molecule has 3 heterocycles. The minimum absolute atomic E-state index is 0.0566. The molecule has 1 spiro atoms. The van der Waals surface area contributed by atoms with E-state index in [0.29, 0.717) is 18.7 Å². The summed E-state index contributed by atoms with van der Waals surface area (Å²) in [6, 6.07) is 17.5. The monoisotopic (exact) mass is 370 g/mol. The number of nitrogens with one attached hydrogen (secondary N) is 1. The molecule has 28 heavy (non-hydrogen) atoms. The molecule has 6 heteroatoms. The molecule has 0 bridgehead atoms. The van der Waals surface area contributed by atoms with E-state index in [9.17, 15) is 14.9 Å². The highest BCUT2D eigenvalue weighted by Crippen LogP contribution is 2.51. The highest BCUT2D eigenvalue weighted by molar-refractivity contribution is 6.12. The minimum atomic E-state index is -1.26. The summed E-state index contributed by atoms with van der Waals surface area (Å²) < 4.78 is 0. The number of para-hydroxylation sites is 2. The van der Waals surface area contributed by atoms with Gasteiger partial charge in [0, 0.05) is 29.9 Å². The zero-order chi connectivity index (χ0) is 19.5. The van der Waals surface area contributed by atoms with E-state index < -0.39 is 5.54 Å². The molecule has 2 aliphatic heterocycles. The smallest absolute Gasteiger partial charge is 0.264 e. The Bertz CT molecular complexity index is 1190. The number of fused-ring (bicyclic) bond motifs is 6. The number of nitriles is 1. The molecule has 1 atom stereocenters. The lowest BCUT2D eigenvalue weighted by atomic mass is 9.80. The maximum absolute atomic E-state index is 13.8. The number of carbonyl (C=O) groups is 2. The minimum Gasteiger partial charge on any atom is -0.355 e. The number of amides is 2. The molecule has 2 aliphatic rings. The number of hydrogen-bond donors (Lipinski definition) is 1. The molecular weight excluding hydrogens is 352 g/mol. The number of aromatic nitrogens is 1. The molecule has 0 unspecified atom stereocenters. The third-order valence-corrected chi connectivity index (χ3v) is 5.91. The highest BCUT2D eigenvalue weighted by atomic mass is 16.2. The highest BCUT2D eigenvalue weighted by Gasteiger charge is 2.60. The van der Waals surface area contributed by atoms with Gasteiger partial charge >= 0.3 is 0 Å². The largest absolute Gasteiger partial charge is 0.355 e. The number of anilines is 1. The molecule has 0 radical (unpaired) electrons. The summed E-state index contributed by atoms with van der Waals surface area (Å²) in [7, 11) is 0. The van der Waals surface area contributed by atoms with Crippen molar-refractivity contribution >= 4 is 28.4 Å². The Labute approximate surface area is 162 Å². The van der Waals surface area contributed by atoms with Gasteiger partial charge in [-0.3, -0.25) is 14.5 Å². The number of rotatable bonds is 1. The Morgan fingerprint density at radius 2 is 1.96 bits per heavy atom. The molecule has 138 valence electrons. The van der Waals surface area contributed by atoms with Crippen LogP contribution in [0.3, 0.4) is 0 Å². The van der Waals surface area contributed by atoms with E-state index in [-0.39, 0.29) is 18.4 Å². The first-order chi connectivity index (χ1) is 13.6. The van der Waals surface area contributed by atoms with Gasteiger partial charge in [-0.25, -0.2) is 0 Å². The van der Waals surface area contributed by atoms with Crippen LogP contribution < -0.4 is 4.90 Å². The first-order valence-electron chi connectivity index (χ1n) is 9.27. The summed E-state index contributed by atoms with van der Waals surface area (Å²) in [6.07, 6.45) is 0.675. The first-order valence-corrected chi connectivity index (χ1v) is 9.27. The van der Waals surface area contributed by atoms with Crippen molar-refractivity contribution in [2.24, 2.45) is 0 Å². The fraction of sp³-hybridized carbons (Fsp3) is 0.227. The van der Waals surface area contributed by atoms with Crippen LogP contribution in [-0.2, 0) is 21.5 Å². The van der Waals surface area contributed by atoms with Gasteiger partial charge in [0.15, 0.2) is 5.54 Å². The number of nitrogens with zero attached hydrogens (tertiary/aromatic N) is 3. The van der Waals surface area contributed by atoms with Crippen molar-refractivity contribution in [3.8, 4) is 6.07 Å². The third-order valence-electron chi connectivity index (χ3n) is 5.91. The Morgan fingerprint density at radius 3 is 2.75 bits per heavy atom. The molecule has 0 saturated heterocycles. The number of H-pyrrole nitrogens is 1. The van der Waals surface area contributed by atoms with Gasteiger partial charge in [0.25, 0.3) is 5.91 Å². The Kier molecular flexibility index (Phi) is 3.37. The predicted molar refractivity (Wildman–Crippen MR) is 105 cm³/mol. The average molecular weight is 370 g/mol. The maximum Gasteiger partial charge on any atom is 0.264 e. The molecule has 3 aromatic rings. The van der Waals surface area contributed by atoms with Crippen molar-refractivity contribution < 1.29 is 9.59 Å². The fourth-order valence-corrected chi connectivity index (χ4v) is 4.85. The number of carbonyl (C=O) groups excluding carboxylic acids is 2. The second-order valence-corrected chi connectivity index (χ2v) is 7.22. The molecule has 2 amide bonds.